The third-order valence-corrected chi connectivity index (χ3v) is 6.11. The van der Waals surface area contributed by atoms with Gasteiger partial charge in [0.15, 0.2) is 0 Å². The highest BCUT2D eigenvalue weighted by Gasteiger charge is 2.41. The zero-order valence-corrected chi connectivity index (χ0v) is 11.7. The van der Waals surface area contributed by atoms with E-state index in [1.807, 2.05) is 0 Å². The largest absolute Gasteiger partial charge is 0.375 e. The van der Waals surface area contributed by atoms with Gasteiger partial charge in [-0.15, -0.1) is 0 Å². The second-order valence-corrected chi connectivity index (χ2v) is 8.07. The third-order valence-electron chi connectivity index (χ3n) is 4.51. The van der Waals surface area contributed by atoms with Crippen LogP contribution in [-0.4, -0.2) is 32.4 Å². The first-order valence-corrected chi connectivity index (χ1v) is 8.86. The summed E-state index contributed by atoms with van der Waals surface area (Å²) < 4.78 is 32.8. The standard InChI is InChI=1S/C13H23NO3S/c15-18(16,10-11-3-4-11)14-12-5-8-17-13(9-12)6-1-2-7-13/h11-12,14H,1-10H2. The van der Waals surface area contributed by atoms with Crippen LogP contribution in [0, 0.1) is 5.92 Å². The van der Waals surface area contributed by atoms with Crippen molar-refractivity contribution in [1.82, 2.24) is 4.72 Å². The van der Waals surface area contributed by atoms with Crippen LogP contribution in [0.2, 0.25) is 0 Å². The van der Waals surface area contributed by atoms with Gasteiger partial charge in [-0.05, 0) is 44.4 Å². The molecular formula is C13H23NO3S. The van der Waals surface area contributed by atoms with E-state index in [0.717, 1.165) is 38.5 Å². The van der Waals surface area contributed by atoms with Crippen LogP contribution in [0.5, 0.6) is 0 Å². The van der Waals surface area contributed by atoms with E-state index in [2.05, 4.69) is 4.72 Å². The fraction of sp³-hybridized carbons (Fsp3) is 1.00. The molecule has 0 aromatic heterocycles. The molecule has 1 N–H and O–H groups in total. The average molecular weight is 273 g/mol. The van der Waals surface area contributed by atoms with Crippen LogP contribution < -0.4 is 4.72 Å². The van der Waals surface area contributed by atoms with Crippen LogP contribution in [0.25, 0.3) is 0 Å². The third kappa shape index (κ3) is 3.06. The molecule has 1 atom stereocenters. The molecule has 18 heavy (non-hydrogen) atoms. The summed E-state index contributed by atoms with van der Waals surface area (Å²) in [5.41, 5.74) is -0.00891. The molecule has 104 valence electrons. The first-order valence-electron chi connectivity index (χ1n) is 7.21. The van der Waals surface area contributed by atoms with Crippen molar-refractivity contribution >= 4 is 10.0 Å². The van der Waals surface area contributed by atoms with E-state index >= 15 is 0 Å². The maximum Gasteiger partial charge on any atom is 0.212 e. The van der Waals surface area contributed by atoms with E-state index in [9.17, 15) is 8.42 Å². The summed E-state index contributed by atoms with van der Waals surface area (Å²) in [5, 5.41) is 0. The Bertz CT molecular complexity index is 396. The first kappa shape index (κ1) is 12.9. The van der Waals surface area contributed by atoms with Crippen molar-refractivity contribution in [3.8, 4) is 0 Å². The smallest absolute Gasteiger partial charge is 0.212 e. The summed E-state index contributed by atoms with van der Waals surface area (Å²) >= 11 is 0. The Labute approximate surface area is 110 Å². The predicted molar refractivity (Wildman–Crippen MR) is 69.8 cm³/mol. The summed E-state index contributed by atoms with van der Waals surface area (Å²) in [6.45, 7) is 0.705. The molecular weight excluding hydrogens is 250 g/mol. The van der Waals surface area contributed by atoms with Gasteiger partial charge in [0, 0.05) is 12.6 Å². The summed E-state index contributed by atoms with van der Waals surface area (Å²) in [6.07, 6.45) is 8.52. The first-order chi connectivity index (χ1) is 8.57. The fourth-order valence-corrected chi connectivity index (χ4v) is 5.15. The van der Waals surface area contributed by atoms with Gasteiger partial charge in [0.2, 0.25) is 10.0 Å². The normalized spacial score (nSPS) is 31.9. The lowest BCUT2D eigenvalue weighted by Crippen LogP contribution is -2.47. The Morgan fingerprint density at radius 1 is 1.17 bits per heavy atom. The molecule has 3 fully saturated rings. The number of hydrogen-bond donors (Lipinski definition) is 1. The van der Waals surface area contributed by atoms with Crippen molar-refractivity contribution in [2.75, 3.05) is 12.4 Å². The highest BCUT2D eigenvalue weighted by Crippen LogP contribution is 2.40. The van der Waals surface area contributed by atoms with Crippen molar-refractivity contribution in [3.63, 3.8) is 0 Å². The summed E-state index contributed by atoms with van der Waals surface area (Å²) in [4.78, 5) is 0. The predicted octanol–water partition coefficient (Wildman–Crippen LogP) is 1.81. The summed E-state index contributed by atoms with van der Waals surface area (Å²) in [7, 11) is -3.07. The molecule has 0 aromatic carbocycles. The quantitative estimate of drug-likeness (QED) is 0.850. The highest BCUT2D eigenvalue weighted by molar-refractivity contribution is 7.89. The topological polar surface area (TPSA) is 55.4 Å². The maximum absolute atomic E-state index is 12.0. The molecule has 0 aromatic rings. The molecule has 1 heterocycles. The minimum Gasteiger partial charge on any atom is -0.375 e. The monoisotopic (exact) mass is 273 g/mol. The zero-order chi connectivity index (χ0) is 12.6. The molecule has 0 radical (unpaired) electrons. The number of nitrogens with one attached hydrogen (secondary N) is 1. The molecule has 1 aliphatic heterocycles. The molecule has 5 heteroatoms. The number of ether oxygens (including phenoxy) is 1. The van der Waals surface area contributed by atoms with E-state index in [1.165, 1.54) is 12.8 Å². The molecule has 3 aliphatic rings. The number of hydrogen-bond acceptors (Lipinski definition) is 3. The molecule has 2 saturated carbocycles. The van der Waals surface area contributed by atoms with Crippen molar-refractivity contribution < 1.29 is 13.2 Å². The molecule has 4 nitrogen and oxygen atoms in total. The SMILES string of the molecule is O=S(=O)(CC1CC1)NC1CCOC2(CCCC2)C1. The Balaban J connectivity index is 1.58. The van der Waals surface area contributed by atoms with Crippen molar-refractivity contribution in [2.45, 2.75) is 63.0 Å². The minimum atomic E-state index is -3.07. The molecule has 0 bridgehead atoms. The van der Waals surface area contributed by atoms with Gasteiger partial charge in [-0.2, -0.15) is 0 Å². The van der Waals surface area contributed by atoms with Crippen molar-refractivity contribution in [1.29, 1.82) is 0 Å². The van der Waals surface area contributed by atoms with Crippen molar-refractivity contribution in [2.24, 2.45) is 5.92 Å². The van der Waals surface area contributed by atoms with Gasteiger partial charge >= 0.3 is 0 Å². The Kier molecular flexibility index (Phi) is 3.41. The van der Waals surface area contributed by atoms with Gasteiger partial charge in [0.05, 0.1) is 11.4 Å². The maximum atomic E-state index is 12.0. The number of rotatable bonds is 4. The molecule has 0 amide bonds. The van der Waals surface area contributed by atoms with Crippen LogP contribution in [-0.2, 0) is 14.8 Å². The Morgan fingerprint density at radius 2 is 1.89 bits per heavy atom. The fourth-order valence-electron chi connectivity index (χ4n) is 3.39. The summed E-state index contributed by atoms with van der Waals surface area (Å²) in [6, 6.07) is 0.0978. The van der Waals surface area contributed by atoms with Gasteiger partial charge in [-0.25, -0.2) is 13.1 Å². The van der Waals surface area contributed by atoms with Crippen LogP contribution in [0.1, 0.15) is 51.4 Å². The van der Waals surface area contributed by atoms with E-state index in [1.54, 1.807) is 0 Å². The Hall–Kier alpha value is -0.130. The van der Waals surface area contributed by atoms with E-state index in [4.69, 9.17) is 4.74 Å². The lowest BCUT2D eigenvalue weighted by Gasteiger charge is -2.38. The molecule has 3 rings (SSSR count). The summed E-state index contributed by atoms with van der Waals surface area (Å²) in [5.74, 6) is 0.750. The average Bonchev–Trinajstić information content (AvgIpc) is 2.97. The second kappa shape index (κ2) is 4.76. The van der Waals surface area contributed by atoms with Gasteiger partial charge in [-0.1, -0.05) is 12.8 Å². The molecule has 1 saturated heterocycles. The minimum absolute atomic E-state index is 0.00891. The van der Waals surface area contributed by atoms with Crippen LogP contribution >= 0.6 is 0 Å². The van der Waals surface area contributed by atoms with Crippen molar-refractivity contribution in [3.05, 3.63) is 0 Å². The van der Waals surface area contributed by atoms with Crippen LogP contribution in [0.15, 0.2) is 0 Å². The van der Waals surface area contributed by atoms with Gasteiger partial charge in [-0.3, -0.25) is 0 Å². The van der Waals surface area contributed by atoms with Gasteiger partial charge in [0.1, 0.15) is 0 Å². The Morgan fingerprint density at radius 3 is 2.56 bits per heavy atom. The molecule has 1 spiro atoms. The second-order valence-electron chi connectivity index (χ2n) is 6.27. The van der Waals surface area contributed by atoms with Gasteiger partial charge < -0.3 is 4.74 Å². The number of sulfonamides is 1. The highest BCUT2D eigenvalue weighted by atomic mass is 32.2. The van der Waals surface area contributed by atoms with E-state index in [-0.39, 0.29) is 11.6 Å². The zero-order valence-electron chi connectivity index (χ0n) is 10.9. The van der Waals surface area contributed by atoms with Gasteiger partial charge in [0.25, 0.3) is 0 Å². The van der Waals surface area contributed by atoms with Crippen LogP contribution in [0.4, 0.5) is 0 Å². The lowest BCUT2D eigenvalue weighted by atomic mass is 9.89. The van der Waals surface area contributed by atoms with E-state index < -0.39 is 10.0 Å². The lowest BCUT2D eigenvalue weighted by molar-refractivity contribution is -0.0809. The molecule has 1 unspecified atom stereocenters. The molecule has 2 aliphatic carbocycles. The van der Waals surface area contributed by atoms with Crippen LogP contribution in [0.3, 0.4) is 0 Å². The van der Waals surface area contributed by atoms with E-state index in [0.29, 0.717) is 18.3 Å².